The zero-order valence-corrected chi connectivity index (χ0v) is 14.7. The van der Waals surface area contributed by atoms with Gasteiger partial charge in [-0.1, -0.05) is 11.6 Å². The van der Waals surface area contributed by atoms with Gasteiger partial charge < -0.3 is 10.5 Å². The third kappa shape index (κ3) is 2.84. The Morgan fingerprint density at radius 3 is 3.00 bits per heavy atom. The van der Waals surface area contributed by atoms with Gasteiger partial charge in [0.2, 0.25) is 0 Å². The first kappa shape index (κ1) is 16.2. The fourth-order valence-corrected chi connectivity index (χ4v) is 4.12. The number of halogens is 1. The van der Waals surface area contributed by atoms with E-state index in [9.17, 15) is 4.79 Å². The lowest BCUT2D eigenvalue weighted by Gasteiger charge is -2.38. The summed E-state index contributed by atoms with van der Waals surface area (Å²) >= 11 is 7.80. The number of likely N-dealkylation sites (tertiary alicyclic amines) is 1. The van der Waals surface area contributed by atoms with Crippen molar-refractivity contribution in [1.29, 1.82) is 0 Å². The fourth-order valence-electron chi connectivity index (χ4n) is 2.98. The van der Waals surface area contributed by atoms with Gasteiger partial charge in [-0.3, -0.25) is 9.69 Å². The van der Waals surface area contributed by atoms with Crippen molar-refractivity contribution in [3.8, 4) is 10.6 Å². The molecule has 10 heteroatoms. The highest BCUT2D eigenvalue weighted by Gasteiger charge is 2.32. The van der Waals surface area contributed by atoms with Gasteiger partial charge in [-0.05, 0) is 11.4 Å². The number of hydrogen-bond acceptors (Lipinski definition) is 8. The predicted octanol–water partition coefficient (Wildman–Crippen LogP) is 1.82. The van der Waals surface area contributed by atoms with Crippen molar-refractivity contribution in [2.24, 2.45) is 0 Å². The van der Waals surface area contributed by atoms with Crippen molar-refractivity contribution in [3.05, 3.63) is 22.8 Å². The Morgan fingerprint density at radius 2 is 2.28 bits per heavy atom. The van der Waals surface area contributed by atoms with E-state index in [0.717, 1.165) is 29.0 Å². The highest BCUT2D eigenvalue weighted by Crippen LogP contribution is 2.39. The summed E-state index contributed by atoms with van der Waals surface area (Å²) in [5, 5.41) is 8.04. The molecule has 1 fully saturated rings. The molecule has 0 unspecified atom stereocenters. The second-order valence-corrected chi connectivity index (χ2v) is 7.05. The van der Waals surface area contributed by atoms with E-state index in [-0.39, 0.29) is 6.04 Å². The Morgan fingerprint density at radius 1 is 1.44 bits per heavy atom. The molecule has 3 aromatic heterocycles. The first-order valence-corrected chi connectivity index (χ1v) is 8.94. The van der Waals surface area contributed by atoms with Crippen LogP contribution in [0.4, 0.5) is 5.82 Å². The summed E-state index contributed by atoms with van der Waals surface area (Å²) in [5.74, 6) is 0.395. The maximum absolute atomic E-state index is 10.2. The van der Waals surface area contributed by atoms with Gasteiger partial charge in [-0.25, -0.2) is 14.6 Å². The number of carbonyl (C=O) groups excluding carboxylic acids is 1. The van der Waals surface area contributed by atoms with Crippen LogP contribution in [0.25, 0.3) is 21.6 Å². The lowest BCUT2D eigenvalue weighted by Crippen LogP contribution is -2.49. The number of nitrogens with zero attached hydrogens (tertiary/aromatic N) is 5. The van der Waals surface area contributed by atoms with Crippen molar-refractivity contribution in [3.63, 3.8) is 0 Å². The third-order valence-corrected chi connectivity index (χ3v) is 5.58. The molecule has 0 aromatic carbocycles. The van der Waals surface area contributed by atoms with Crippen LogP contribution in [-0.4, -0.2) is 57.4 Å². The van der Waals surface area contributed by atoms with Crippen molar-refractivity contribution in [1.82, 2.24) is 24.6 Å². The summed E-state index contributed by atoms with van der Waals surface area (Å²) in [6.45, 7) is 3.17. The molecule has 0 atom stereocenters. The topological polar surface area (TPSA) is 99.2 Å². The Labute approximate surface area is 152 Å². The van der Waals surface area contributed by atoms with E-state index in [2.05, 4.69) is 14.9 Å². The van der Waals surface area contributed by atoms with Crippen molar-refractivity contribution >= 4 is 46.3 Å². The first-order chi connectivity index (χ1) is 12.2. The minimum Gasteiger partial charge on any atom is -0.467 e. The molecule has 0 spiro atoms. The van der Waals surface area contributed by atoms with Crippen LogP contribution in [-0.2, 0) is 9.53 Å². The number of hydrogen-bond donors (Lipinski definition) is 1. The van der Waals surface area contributed by atoms with Gasteiger partial charge in [0.05, 0.1) is 21.3 Å². The average Bonchev–Trinajstić information content (AvgIpc) is 3.14. The summed E-state index contributed by atoms with van der Waals surface area (Å²) in [6.07, 6.45) is 1.45. The zero-order chi connectivity index (χ0) is 17.4. The zero-order valence-electron chi connectivity index (χ0n) is 13.1. The quantitative estimate of drug-likeness (QED) is 0.516. The second kappa shape index (κ2) is 6.58. The van der Waals surface area contributed by atoms with E-state index in [1.54, 1.807) is 0 Å². The van der Waals surface area contributed by atoms with Gasteiger partial charge in [0.15, 0.2) is 5.65 Å². The summed E-state index contributed by atoms with van der Waals surface area (Å²) in [7, 11) is 0. The highest BCUT2D eigenvalue weighted by atomic mass is 35.5. The van der Waals surface area contributed by atoms with Crippen molar-refractivity contribution in [2.75, 3.05) is 32.0 Å². The standard InChI is InChI=1S/C15H15ClN6O2S/c16-10-1-4-25-13(10)12-11-14(17)18-7-19-15(11)22(20-12)9-5-21(6-9)2-3-24-8-23/h1,4,7-9H,2-3,5-6H2,(H2,17,18,19). The molecule has 2 N–H and O–H groups in total. The molecule has 25 heavy (non-hydrogen) atoms. The molecule has 3 aromatic rings. The van der Waals surface area contributed by atoms with Crippen LogP contribution < -0.4 is 5.73 Å². The Kier molecular flexibility index (Phi) is 4.28. The van der Waals surface area contributed by atoms with Crippen LogP contribution in [0.1, 0.15) is 6.04 Å². The van der Waals surface area contributed by atoms with E-state index in [0.29, 0.717) is 36.1 Å². The third-order valence-electron chi connectivity index (χ3n) is 4.23. The number of ether oxygens (including phenoxy) is 1. The first-order valence-electron chi connectivity index (χ1n) is 7.68. The van der Waals surface area contributed by atoms with Gasteiger partial charge in [0.1, 0.15) is 24.4 Å². The van der Waals surface area contributed by atoms with Crippen LogP contribution in [0.5, 0.6) is 0 Å². The molecule has 1 aliphatic rings. The molecule has 0 saturated carbocycles. The molecule has 0 aliphatic carbocycles. The minimum absolute atomic E-state index is 0.181. The molecule has 130 valence electrons. The number of aromatic nitrogens is 4. The van der Waals surface area contributed by atoms with E-state index >= 15 is 0 Å². The normalized spacial score (nSPS) is 15.4. The number of thiophene rings is 1. The summed E-state index contributed by atoms with van der Waals surface area (Å²) in [5.41, 5.74) is 7.52. The van der Waals surface area contributed by atoms with Gasteiger partial charge in [0, 0.05) is 19.6 Å². The van der Waals surface area contributed by atoms with Crippen LogP contribution in [0.2, 0.25) is 5.02 Å². The number of carbonyl (C=O) groups is 1. The smallest absolute Gasteiger partial charge is 0.293 e. The van der Waals surface area contributed by atoms with E-state index < -0.39 is 0 Å². The molecule has 1 saturated heterocycles. The number of rotatable bonds is 6. The maximum Gasteiger partial charge on any atom is 0.293 e. The predicted molar refractivity (Wildman–Crippen MR) is 95.6 cm³/mol. The molecule has 0 radical (unpaired) electrons. The van der Waals surface area contributed by atoms with Crippen molar-refractivity contribution in [2.45, 2.75) is 6.04 Å². The molecule has 4 heterocycles. The van der Waals surface area contributed by atoms with Gasteiger partial charge in [0.25, 0.3) is 6.47 Å². The van der Waals surface area contributed by atoms with Crippen LogP contribution in [0.3, 0.4) is 0 Å². The number of anilines is 1. The molecule has 8 nitrogen and oxygen atoms in total. The van der Waals surface area contributed by atoms with Gasteiger partial charge >= 0.3 is 0 Å². The lowest BCUT2D eigenvalue weighted by molar-refractivity contribution is -0.129. The van der Waals surface area contributed by atoms with Gasteiger partial charge in [-0.2, -0.15) is 5.10 Å². The molecular weight excluding hydrogens is 364 g/mol. The van der Waals surface area contributed by atoms with Crippen LogP contribution >= 0.6 is 22.9 Å². The van der Waals surface area contributed by atoms with Crippen molar-refractivity contribution < 1.29 is 9.53 Å². The number of nitrogen functional groups attached to an aromatic ring is 1. The van der Waals surface area contributed by atoms with Crippen LogP contribution in [0.15, 0.2) is 17.8 Å². The monoisotopic (exact) mass is 378 g/mol. The number of nitrogens with two attached hydrogens (primary N) is 1. The van der Waals surface area contributed by atoms with Gasteiger partial charge in [-0.15, -0.1) is 11.3 Å². The summed E-state index contributed by atoms with van der Waals surface area (Å²) in [6, 6.07) is 2.02. The Balaban J connectivity index is 1.66. The summed E-state index contributed by atoms with van der Waals surface area (Å²) in [4.78, 5) is 21.7. The maximum atomic E-state index is 10.2. The second-order valence-electron chi connectivity index (χ2n) is 5.73. The van der Waals surface area contributed by atoms with E-state index in [1.165, 1.54) is 17.7 Å². The number of fused-ring (bicyclic) bond motifs is 1. The Bertz CT molecular complexity index is 920. The fraction of sp³-hybridized carbons (Fsp3) is 0.333. The largest absolute Gasteiger partial charge is 0.467 e. The molecule has 0 amide bonds. The van der Waals surface area contributed by atoms with E-state index in [1.807, 2.05) is 16.1 Å². The molecular formula is C15H15ClN6O2S. The molecule has 0 bridgehead atoms. The highest BCUT2D eigenvalue weighted by molar-refractivity contribution is 7.14. The minimum atomic E-state index is 0.181. The lowest BCUT2D eigenvalue weighted by atomic mass is 10.1. The SMILES string of the molecule is Nc1ncnc2c1c(-c1sccc1Cl)nn2C1CN(CCOC=O)C1. The van der Waals surface area contributed by atoms with Crippen LogP contribution in [0, 0.1) is 0 Å². The molecule has 4 rings (SSSR count). The average molecular weight is 379 g/mol. The Hall–Kier alpha value is -2.23. The molecule has 1 aliphatic heterocycles. The van der Waals surface area contributed by atoms with E-state index in [4.69, 9.17) is 27.2 Å². The summed E-state index contributed by atoms with van der Waals surface area (Å²) < 4.78 is 6.64.